The summed E-state index contributed by atoms with van der Waals surface area (Å²) in [5.74, 6) is -1.15. The number of halogens is 2. The predicted molar refractivity (Wildman–Crippen MR) is 98.2 cm³/mol. The van der Waals surface area contributed by atoms with E-state index in [9.17, 15) is 9.90 Å². The van der Waals surface area contributed by atoms with E-state index in [1.54, 1.807) is 12.1 Å². The number of aliphatic carboxylic acids is 1. The summed E-state index contributed by atoms with van der Waals surface area (Å²) in [4.78, 5) is 14.7. The summed E-state index contributed by atoms with van der Waals surface area (Å²) in [5, 5.41) is 11.3. The lowest BCUT2D eigenvalue weighted by atomic mass is 9.88. The van der Waals surface area contributed by atoms with Crippen molar-refractivity contribution in [3.05, 3.63) is 69.3 Å². The van der Waals surface area contributed by atoms with Crippen LogP contribution in [0.2, 0.25) is 10.0 Å². The normalized spacial score (nSPS) is 12.5. The van der Waals surface area contributed by atoms with Crippen LogP contribution in [0.3, 0.4) is 0 Å². The fourth-order valence-corrected chi connectivity index (χ4v) is 3.44. The van der Waals surface area contributed by atoms with Gasteiger partial charge in [-0.05, 0) is 35.2 Å². The number of aromatic amines is 1. The lowest BCUT2D eigenvalue weighted by Crippen LogP contribution is -2.07. The number of carboxylic acid groups (broad SMARTS) is 1. The number of rotatable bonds is 5. The van der Waals surface area contributed by atoms with Crippen LogP contribution in [0.25, 0.3) is 10.9 Å². The Morgan fingerprint density at radius 2 is 2.00 bits per heavy atom. The average molecular weight is 362 g/mol. The van der Waals surface area contributed by atoms with E-state index in [2.05, 4.69) is 18.0 Å². The smallest absolute Gasteiger partial charge is 0.304 e. The summed E-state index contributed by atoms with van der Waals surface area (Å²) in [6.07, 6.45) is 2.80. The summed E-state index contributed by atoms with van der Waals surface area (Å²) in [7, 11) is 0. The highest BCUT2D eigenvalue weighted by atomic mass is 35.5. The summed E-state index contributed by atoms with van der Waals surface area (Å²) in [6, 6.07) is 11.4. The Kier molecular flexibility index (Phi) is 4.83. The molecule has 0 unspecified atom stereocenters. The largest absolute Gasteiger partial charge is 0.481 e. The van der Waals surface area contributed by atoms with Crippen molar-refractivity contribution >= 4 is 40.1 Å². The number of aryl methyl sites for hydroxylation is 1. The number of fused-ring (bicyclic) bond motifs is 1. The van der Waals surface area contributed by atoms with Gasteiger partial charge in [-0.2, -0.15) is 0 Å². The maximum absolute atomic E-state index is 11.4. The van der Waals surface area contributed by atoms with Gasteiger partial charge in [-0.15, -0.1) is 0 Å². The van der Waals surface area contributed by atoms with Gasteiger partial charge in [-0.3, -0.25) is 4.79 Å². The minimum absolute atomic E-state index is 0.0126. The van der Waals surface area contributed by atoms with Crippen LogP contribution in [-0.4, -0.2) is 16.1 Å². The van der Waals surface area contributed by atoms with Crippen molar-refractivity contribution in [2.75, 3.05) is 0 Å². The molecular weight excluding hydrogens is 345 g/mol. The van der Waals surface area contributed by atoms with Gasteiger partial charge in [-0.25, -0.2) is 0 Å². The van der Waals surface area contributed by atoms with Crippen LogP contribution in [0, 0.1) is 0 Å². The van der Waals surface area contributed by atoms with Gasteiger partial charge >= 0.3 is 5.97 Å². The highest BCUT2D eigenvalue weighted by Gasteiger charge is 2.22. The fraction of sp³-hybridized carbons (Fsp3) is 0.211. The number of carbonyl (C=O) groups is 1. The molecule has 0 aliphatic rings. The van der Waals surface area contributed by atoms with Crippen molar-refractivity contribution in [3.63, 3.8) is 0 Å². The first kappa shape index (κ1) is 16.9. The van der Waals surface area contributed by atoms with Crippen LogP contribution in [-0.2, 0) is 11.2 Å². The maximum Gasteiger partial charge on any atom is 0.304 e. The molecule has 124 valence electrons. The first-order valence-corrected chi connectivity index (χ1v) is 8.52. The minimum atomic E-state index is -0.855. The van der Waals surface area contributed by atoms with Crippen molar-refractivity contribution < 1.29 is 9.90 Å². The number of H-pyrrole nitrogens is 1. The zero-order chi connectivity index (χ0) is 17.3. The molecular formula is C19H17Cl2NO2. The topological polar surface area (TPSA) is 53.1 Å². The molecule has 0 saturated heterocycles. The standard InChI is InChI=1S/C19H17Cl2NO2/c1-2-11-4-3-5-13-15(10-22-19(11)13)14(9-18(23)24)12-6-7-16(20)17(21)8-12/h3-8,10,14,22H,2,9H2,1H3,(H,23,24)/t14-/m0/s1. The van der Waals surface area contributed by atoms with E-state index in [-0.39, 0.29) is 12.3 Å². The molecule has 5 heteroatoms. The second-order valence-electron chi connectivity index (χ2n) is 5.76. The van der Waals surface area contributed by atoms with Gasteiger partial charge in [0.2, 0.25) is 0 Å². The molecule has 24 heavy (non-hydrogen) atoms. The van der Waals surface area contributed by atoms with E-state index >= 15 is 0 Å². The van der Waals surface area contributed by atoms with Gasteiger partial charge in [-0.1, -0.05) is 54.4 Å². The van der Waals surface area contributed by atoms with Crippen LogP contribution >= 0.6 is 23.2 Å². The third-order valence-electron chi connectivity index (χ3n) is 4.31. The molecule has 2 aromatic carbocycles. The van der Waals surface area contributed by atoms with Crippen LogP contribution in [0.4, 0.5) is 0 Å². The van der Waals surface area contributed by atoms with Crippen LogP contribution in [0.15, 0.2) is 42.6 Å². The molecule has 0 aliphatic heterocycles. The molecule has 3 nitrogen and oxygen atoms in total. The Bertz CT molecular complexity index is 902. The van der Waals surface area contributed by atoms with E-state index in [1.807, 2.05) is 24.4 Å². The van der Waals surface area contributed by atoms with Crippen molar-refractivity contribution in [2.24, 2.45) is 0 Å². The predicted octanol–water partition coefficient (Wildman–Crippen LogP) is 5.64. The summed E-state index contributed by atoms with van der Waals surface area (Å²) in [5.41, 5.74) is 4.07. The SMILES string of the molecule is CCc1cccc2c([C@@H](CC(=O)O)c3ccc(Cl)c(Cl)c3)c[nH]c12. The van der Waals surface area contributed by atoms with E-state index < -0.39 is 5.97 Å². The maximum atomic E-state index is 11.4. The van der Waals surface area contributed by atoms with Crippen LogP contribution in [0.5, 0.6) is 0 Å². The van der Waals surface area contributed by atoms with Gasteiger partial charge in [0.25, 0.3) is 0 Å². The van der Waals surface area contributed by atoms with Crippen molar-refractivity contribution in [2.45, 2.75) is 25.7 Å². The lowest BCUT2D eigenvalue weighted by Gasteiger charge is -2.16. The monoisotopic (exact) mass is 361 g/mol. The van der Waals surface area contributed by atoms with Crippen LogP contribution in [0.1, 0.15) is 36.0 Å². The molecule has 1 heterocycles. The second-order valence-corrected chi connectivity index (χ2v) is 6.58. The van der Waals surface area contributed by atoms with E-state index in [0.717, 1.165) is 28.5 Å². The minimum Gasteiger partial charge on any atom is -0.481 e. The second kappa shape index (κ2) is 6.88. The number of hydrogen-bond donors (Lipinski definition) is 2. The number of hydrogen-bond acceptors (Lipinski definition) is 1. The zero-order valence-electron chi connectivity index (χ0n) is 13.1. The Balaban J connectivity index is 2.16. The Morgan fingerprint density at radius 1 is 1.21 bits per heavy atom. The molecule has 0 amide bonds. The zero-order valence-corrected chi connectivity index (χ0v) is 14.7. The molecule has 0 bridgehead atoms. The molecule has 1 atom stereocenters. The Labute approximate surface area is 150 Å². The molecule has 0 saturated carbocycles. The molecule has 0 aliphatic carbocycles. The van der Waals surface area contributed by atoms with Crippen LogP contribution < -0.4 is 0 Å². The van der Waals surface area contributed by atoms with E-state index in [0.29, 0.717) is 10.0 Å². The number of benzene rings is 2. The van der Waals surface area contributed by atoms with Crippen molar-refractivity contribution in [1.29, 1.82) is 0 Å². The van der Waals surface area contributed by atoms with Gasteiger partial charge in [0, 0.05) is 23.0 Å². The molecule has 3 rings (SSSR count). The number of aromatic nitrogens is 1. The third kappa shape index (κ3) is 3.14. The highest BCUT2D eigenvalue weighted by Crippen LogP contribution is 2.36. The van der Waals surface area contributed by atoms with Gasteiger partial charge < -0.3 is 10.1 Å². The molecule has 0 spiro atoms. The average Bonchev–Trinajstić information content (AvgIpc) is 2.99. The highest BCUT2D eigenvalue weighted by molar-refractivity contribution is 6.42. The molecule has 1 aromatic heterocycles. The number of nitrogens with one attached hydrogen (secondary N) is 1. The fourth-order valence-electron chi connectivity index (χ4n) is 3.13. The van der Waals surface area contributed by atoms with Gasteiger partial charge in [0.15, 0.2) is 0 Å². The van der Waals surface area contributed by atoms with Gasteiger partial charge in [0.05, 0.1) is 16.5 Å². The van der Waals surface area contributed by atoms with E-state index in [1.165, 1.54) is 5.56 Å². The Hall–Kier alpha value is -1.97. The molecule has 2 N–H and O–H groups in total. The third-order valence-corrected chi connectivity index (χ3v) is 5.05. The number of carboxylic acids is 1. The Morgan fingerprint density at radius 3 is 2.67 bits per heavy atom. The first-order valence-electron chi connectivity index (χ1n) is 7.76. The molecule has 0 radical (unpaired) electrons. The first-order chi connectivity index (χ1) is 11.5. The summed E-state index contributed by atoms with van der Waals surface area (Å²) >= 11 is 12.1. The van der Waals surface area contributed by atoms with Gasteiger partial charge in [0.1, 0.15) is 0 Å². The molecule has 0 fully saturated rings. The summed E-state index contributed by atoms with van der Waals surface area (Å²) < 4.78 is 0. The van der Waals surface area contributed by atoms with Crippen molar-refractivity contribution in [3.8, 4) is 0 Å². The quantitative estimate of drug-likeness (QED) is 0.617. The van der Waals surface area contributed by atoms with Crippen molar-refractivity contribution in [1.82, 2.24) is 4.98 Å². The molecule has 3 aromatic rings. The number of para-hydroxylation sites is 1. The summed E-state index contributed by atoms with van der Waals surface area (Å²) in [6.45, 7) is 2.10. The van der Waals surface area contributed by atoms with E-state index in [4.69, 9.17) is 23.2 Å². The lowest BCUT2D eigenvalue weighted by molar-refractivity contribution is -0.137.